The molecule has 0 bridgehead atoms. The van der Waals surface area contributed by atoms with Crippen LogP contribution in [-0.4, -0.2) is 11.7 Å². The van der Waals surface area contributed by atoms with Crippen molar-refractivity contribution in [2.45, 2.75) is 6.18 Å². The molecule has 0 saturated carbocycles. The Morgan fingerprint density at radius 2 is 1.85 bits per heavy atom. The summed E-state index contributed by atoms with van der Waals surface area (Å²) in [6.07, 6.45) is -3.23. The second-order valence-corrected chi connectivity index (χ2v) is 2.47. The molecule has 1 rings (SSSR count). The maximum atomic E-state index is 12.3. The number of benzene rings is 1. The van der Waals surface area contributed by atoms with Gasteiger partial charge in [0.2, 0.25) is 0 Å². The molecule has 0 spiro atoms. The van der Waals surface area contributed by atoms with Crippen molar-refractivity contribution in [2.75, 3.05) is 6.61 Å². The van der Waals surface area contributed by atoms with Crippen LogP contribution in [0.15, 0.2) is 24.3 Å². The molecular weight excluding hydrogens is 181 g/mol. The predicted octanol–water partition coefficient (Wildman–Crippen LogP) is 2.25. The Kier molecular flexibility index (Phi) is 2.93. The van der Waals surface area contributed by atoms with Crippen molar-refractivity contribution in [2.24, 2.45) is 0 Å². The molecule has 0 aliphatic heterocycles. The Morgan fingerprint density at radius 1 is 1.23 bits per heavy atom. The molecule has 1 aromatic carbocycles. The molecule has 1 aromatic rings. The van der Waals surface area contributed by atoms with E-state index in [9.17, 15) is 13.2 Å². The summed E-state index contributed by atoms with van der Waals surface area (Å²) in [4.78, 5) is 0. The minimum absolute atomic E-state index is 0.0116. The standard InChI is InChI=1S/C9H8F3O/c10-9(11,12)8-4-2-1-3-7(8)5-6-13/h1-5,13H,6H2. The van der Waals surface area contributed by atoms with Gasteiger partial charge in [0, 0.05) is 6.42 Å². The van der Waals surface area contributed by atoms with Crippen molar-refractivity contribution in [3.05, 3.63) is 41.8 Å². The fraction of sp³-hybridized carbons (Fsp3) is 0.222. The van der Waals surface area contributed by atoms with Crippen LogP contribution in [0.4, 0.5) is 13.2 Å². The first-order valence-corrected chi connectivity index (χ1v) is 3.66. The minimum Gasteiger partial charge on any atom is -0.396 e. The molecular formula is C9H8F3O. The summed E-state index contributed by atoms with van der Waals surface area (Å²) in [6.45, 7) is -0.396. The van der Waals surface area contributed by atoms with Crippen LogP contribution < -0.4 is 0 Å². The van der Waals surface area contributed by atoms with E-state index in [2.05, 4.69) is 0 Å². The Morgan fingerprint density at radius 3 is 2.38 bits per heavy atom. The van der Waals surface area contributed by atoms with E-state index in [0.29, 0.717) is 0 Å². The average Bonchev–Trinajstić information content (AvgIpc) is 2.04. The molecule has 0 fully saturated rings. The van der Waals surface area contributed by atoms with Crippen LogP contribution in [0.25, 0.3) is 0 Å². The second kappa shape index (κ2) is 3.79. The van der Waals surface area contributed by atoms with Gasteiger partial charge in [-0.3, -0.25) is 0 Å². The fourth-order valence-electron chi connectivity index (χ4n) is 1.03. The van der Waals surface area contributed by atoms with Gasteiger partial charge in [-0.2, -0.15) is 13.2 Å². The molecule has 13 heavy (non-hydrogen) atoms. The van der Waals surface area contributed by atoms with Crippen LogP contribution >= 0.6 is 0 Å². The number of hydrogen-bond acceptors (Lipinski definition) is 1. The van der Waals surface area contributed by atoms with E-state index in [1.54, 1.807) is 0 Å². The van der Waals surface area contributed by atoms with Gasteiger partial charge in [0.25, 0.3) is 0 Å². The number of hydrogen-bond donors (Lipinski definition) is 1. The molecule has 0 aliphatic rings. The monoisotopic (exact) mass is 189 g/mol. The summed E-state index contributed by atoms with van der Waals surface area (Å²) < 4.78 is 36.8. The summed E-state index contributed by atoms with van der Waals surface area (Å²) in [5.41, 5.74) is -0.707. The Bertz CT molecular complexity index is 280. The Labute approximate surface area is 73.8 Å². The van der Waals surface area contributed by atoms with Gasteiger partial charge < -0.3 is 5.11 Å². The zero-order chi connectivity index (χ0) is 9.90. The third kappa shape index (κ3) is 2.45. The highest BCUT2D eigenvalue weighted by molar-refractivity contribution is 5.34. The highest BCUT2D eigenvalue weighted by Gasteiger charge is 2.32. The van der Waals surface area contributed by atoms with E-state index in [4.69, 9.17) is 5.11 Å². The first-order chi connectivity index (χ1) is 6.05. The lowest BCUT2D eigenvalue weighted by molar-refractivity contribution is -0.138. The molecule has 0 aromatic heterocycles. The van der Waals surface area contributed by atoms with E-state index in [-0.39, 0.29) is 5.56 Å². The van der Waals surface area contributed by atoms with Crippen molar-refractivity contribution in [3.63, 3.8) is 0 Å². The van der Waals surface area contributed by atoms with E-state index in [1.165, 1.54) is 18.2 Å². The lowest BCUT2D eigenvalue weighted by Crippen LogP contribution is -2.08. The van der Waals surface area contributed by atoms with E-state index < -0.39 is 18.3 Å². The number of halogens is 3. The van der Waals surface area contributed by atoms with Gasteiger partial charge in [0.1, 0.15) is 0 Å². The number of aliphatic hydroxyl groups excluding tert-OH is 1. The van der Waals surface area contributed by atoms with Gasteiger partial charge in [-0.15, -0.1) is 0 Å². The van der Waals surface area contributed by atoms with Gasteiger partial charge in [0.15, 0.2) is 0 Å². The molecule has 0 atom stereocenters. The van der Waals surface area contributed by atoms with Crippen LogP contribution in [0.5, 0.6) is 0 Å². The highest BCUT2D eigenvalue weighted by Crippen LogP contribution is 2.32. The summed E-state index contributed by atoms with van der Waals surface area (Å²) in [5, 5.41) is 8.49. The quantitative estimate of drug-likeness (QED) is 0.756. The molecule has 0 aliphatic carbocycles. The summed E-state index contributed by atoms with van der Waals surface area (Å²) in [7, 11) is 0. The molecule has 1 radical (unpaired) electrons. The molecule has 1 nitrogen and oxygen atoms in total. The summed E-state index contributed by atoms with van der Waals surface area (Å²) in [5.74, 6) is 0. The van der Waals surface area contributed by atoms with Crippen molar-refractivity contribution in [3.8, 4) is 0 Å². The summed E-state index contributed by atoms with van der Waals surface area (Å²) in [6, 6.07) is 5.12. The summed E-state index contributed by atoms with van der Waals surface area (Å²) >= 11 is 0. The van der Waals surface area contributed by atoms with E-state index in [1.807, 2.05) is 0 Å². The SMILES string of the molecule is OC[CH]c1ccccc1C(F)(F)F. The third-order valence-electron chi connectivity index (χ3n) is 1.58. The van der Waals surface area contributed by atoms with Crippen molar-refractivity contribution < 1.29 is 18.3 Å². The predicted molar refractivity (Wildman–Crippen MR) is 41.9 cm³/mol. The maximum Gasteiger partial charge on any atom is 0.416 e. The number of aliphatic hydroxyl groups is 1. The lowest BCUT2D eigenvalue weighted by atomic mass is 10.0. The van der Waals surface area contributed by atoms with Crippen LogP contribution in [0.1, 0.15) is 11.1 Å². The molecule has 71 valence electrons. The molecule has 0 amide bonds. The molecule has 0 saturated heterocycles. The Balaban J connectivity index is 3.05. The fourth-order valence-corrected chi connectivity index (χ4v) is 1.03. The van der Waals surface area contributed by atoms with Crippen LogP contribution in [0.2, 0.25) is 0 Å². The van der Waals surface area contributed by atoms with E-state index in [0.717, 1.165) is 12.5 Å². The topological polar surface area (TPSA) is 20.2 Å². The number of alkyl halides is 3. The largest absolute Gasteiger partial charge is 0.416 e. The maximum absolute atomic E-state index is 12.3. The van der Waals surface area contributed by atoms with Gasteiger partial charge in [-0.05, 0) is 11.6 Å². The smallest absolute Gasteiger partial charge is 0.396 e. The average molecular weight is 189 g/mol. The highest BCUT2D eigenvalue weighted by atomic mass is 19.4. The normalized spacial score (nSPS) is 11.7. The second-order valence-electron chi connectivity index (χ2n) is 2.47. The molecule has 0 heterocycles. The van der Waals surface area contributed by atoms with Gasteiger partial charge in [-0.1, -0.05) is 18.2 Å². The van der Waals surface area contributed by atoms with E-state index >= 15 is 0 Å². The van der Waals surface area contributed by atoms with Gasteiger partial charge in [0.05, 0.1) is 12.2 Å². The molecule has 0 unspecified atom stereocenters. The number of rotatable bonds is 2. The zero-order valence-electron chi connectivity index (χ0n) is 6.67. The minimum atomic E-state index is -4.36. The van der Waals surface area contributed by atoms with Gasteiger partial charge in [-0.25, -0.2) is 0 Å². The first kappa shape index (κ1) is 10.1. The molecule has 1 N–H and O–H groups in total. The van der Waals surface area contributed by atoms with Crippen LogP contribution in [-0.2, 0) is 6.18 Å². The van der Waals surface area contributed by atoms with Crippen molar-refractivity contribution >= 4 is 0 Å². The Hall–Kier alpha value is -1.03. The van der Waals surface area contributed by atoms with Crippen molar-refractivity contribution in [1.29, 1.82) is 0 Å². The zero-order valence-corrected chi connectivity index (χ0v) is 6.67. The van der Waals surface area contributed by atoms with Crippen LogP contribution in [0, 0.1) is 6.42 Å². The first-order valence-electron chi connectivity index (χ1n) is 3.66. The van der Waals surface area contributed by atoms with Gasteiger partial charge >= 0.3 is 6.18 Å². The lowest BCUT2D eigenvalue weighted by Gasteiger charge is -2.10. The van der Waals surface area contributed by atoms with Crippen molar-refractivity contribution in [1.82, 2.24) is 0 Å². The molecule has 4 heteroatoms. The third-order valence-corrected chi connectivity index (χ3v) is 1.58. The van der Waals surface area contributed by atoms with Crippen LogP contribution in [0.3, 0.4) is 0 Å².